The van der Waals surface area contributed by atoms with E-state index in [9.17, 15) is 44.4 Å². The van der Waals surface area contributed by atoms with Crippen LogP contribution in [0.15, 0.2) is 71.8 Å². The van der Waals surface area contributed by atoms with Crippen LogP contribution in [0.25, 0.3) is 0 Å². The quantitative estimate of drug-likeness (QED) is 0.118. The van der Waals surface area contributed by atoms with Crippen molar-refractivity contribution in [3.05, 3.63) is 82.9 Å². The number of fused-ring (bicyclic) bond motifs is 4. The molecule has 12 atom stereocenters. The van der Waals surface area contributed by atoms with Crippen LogP contribution in [-0.4, -0.2) is 117 Å². The van der Waals surface area contributed by atoms with E-state index in [0.717, 1.165) is 6.92 Å². The predicted octanol–water partition coefficient (Wildman–Crippen LogP) is 3.20. The SMILES string of the molecule is CC(=O)O[C@H]1C2=C(C)[C@@H](OC(=O)[C@H](O)[C@H](CC(C)C)NC(=O)c3ccccc3)CC2(C(C)(C)O)[C@@H](OC(=O)c2ccccc2)C2[C@@](C)([C@@H](O)C[C@H]3OC[C@@]23OC(C)=O)[C@H]1O. The molecule has 1 amide bonds. The summed E-state index contributed by atoms with van der Waals surface area (Å²) < 4.78 is 30.7. The molecule has 1 heterocycles. The molecule has 4 aliphatic rings. The molecule has 5 N–H and O–H groups in total. The molecule has 6 rings (SSSR count). The van der Waals surface area contributed by atoms with Crippen LogP contribution in [-0.2, 0) is 38.1 Å². The summed E-state index contributed by atoms with van der Waals surface area (Å²) in [7, 11) is 0. The monoisotopic (exact) mass is 835 g/mol. The van der Waals surface area contributed by atoms with E-state index in [1.165, 1.54) is 39.8 Å². The first-order chi connectivity index (χ1) is 28.1. The number of carbonyl (C=O) groups is 5. The standard InChI is InChI=1S/C45H57NO14/c1-23(2)19-29(46-39(52)27-15-11-9-12-16-27)34(50)41(54)58-30-21-44(42(6,7)55)33(24(30)3)35(57-25(4)47)37(51)43(8)31(49)20-32-45(22-56-32,60-26(5)48)36(43)38(44)59-40(53)28-17-13-10-14-18-28/h9-18,23,29-32,34-38,49-51,55H,19-22H2,1-8H3,(H,46,52)/t29-,30-,31-,32+,34+,35-,36?,37-,38-,43+,44?,45-/m0/s1. The number of hydrogen-bond donors (Lipinski definition) is 5. The zero-order chi connectivity index (χ0) is 44.1. The molecular weight excluding hydrogens is 778 g/mol. The van der Waals surface area contributed by atoms with Gasteiger partial charge < -0.3 is 49.4 Å². The molecule has 2 unspecified atom stereocenters. The van der Waals surface area contributed by atoms with Crippen LogP contribution in [0.3, 0.4) is 0 Å². The topological polar surface area (TPSA) is 224 Å². The van der Waals surface area contributed by atoms with Crippen LogP contribution in [0.2, 0.25) is 0 Å². The number of aliphatic hydroxyl groups is 4. The fourth-order valence-corrected chi connectivity index (χ4v) is 10.4. The molecule has 0 bridgehead atoms. The molecule has 0 radical (unpaired) electrons. The average Bonchev–Trinajstić information content (AvgIpc) is 3.45. The van der Waals surface area contributed by atoms with Crippen molar-refractivity contribution in [2.45, 2.75) is 135 Å². The maximum absolute atomic E-state index is 14.4. The predicted molar refractivity (Wildman–Crippen MR) is 213 cm³/mol. The van der Waals surface area contributed by atoms with Gasteiger partial charge in [-0.2, -0.15) is 0 Å². The van der Waals surface area contributed by atoms with Gasteiger partial charge in [-0.1, -0.05) is 57.2 Å². The van der Waals surface area contributed by atoms with Gasteiger partial charge in [-0.15, -0.1) is 0 Å². The molecular formula is C45H57NO14. The Morgan fingerprint density at radius 2 is 1.52 bits per heavy atom. The summed E-state index contributed by atoms with van der Waals surface area (Å²) in [5.41, 5.74) is -6.64. The molecule has 326 valence electrons. The summed E-state index contributed by atoms with van der Waals surface area (Å²) in [5, 5.41) is 51.9. The number of carbonyl (C=O) groups excluding carboxylic acids is 5. The van der Waals surface area contributed by atoms with Crippen LogP contribution in [0.1, 0.15) is 95.4 Å². The first-order valence-corrected chi connectivity index (χ1v) is 20.4. The first kappa shape index (κ1) is 44.9. The minimum Gasteiger partial charge on any atom is -0.457 e. The lowest BCUT2D eigenvalue weighted by Crippen LogP contribution is -2.78. The van der Waals surface area contributed by atoms with Gasteiger partial charge in [0.25, 0.3) is 5.91 Å². The van der Waals surface area contributed by atoms with Crippen molar-refractivity contribution >= 4 is 29.8 Å². The summed E-state index contributed by atoms with van der Waals surface area (Å²) >= 11 is 0. The maximum atomic E-state index is 14.4. The Bertz CT molecular complexity index is 2000. The van der Waals surface area contributed by atoms with Crippen molar-refractivity contribution in [1.82, 2.24) is 5.32 Å². The van der Waals surface area contributed by atoms with E-state index in [2.05, 4.69) is 5.32 Å². The maximum Gasteiger partial charge on any atom is 0.338 e. The van der Waals surface area contributed by atoms with Gasteiger partial charge in [-0.3, -0.25) is 14.4 Å². The van der Waals surface area contributed by atoms with Crippen molar-refractivity contribution in [1.29, 1.82) is 0 Å². The number of amides is 1. The first-order valence-electron chi connectivity index (χ1n) is 20.4. The normalized spacial score (nSPS) is 33.1. The third-order valence-corrected chi connectivity index (χ3v) is 13.2. The molecule has 3 fully saturated rings. The van der Waals surface area contributed by atoms with Crippen molar-refractivity contribution < 1.29 is 68.1 Å². The minimum atomic E-state index is -1.99. The lowest BCUT2D eigenvalue weighted by Gasteiger charge is -2.65. The van der Waals surface area contributed by atoms with Gasteiger partial charge >= 0.3 is 23.9 Å². The summed E-state index contributed by atoms with van der Waals surface area (Å²) in [6.45, 7) is 11.8. The number of aliphatic hydroxyl groups excluding tert-OH is 3. The second-order valence-corrected chi connectivity index (χ2v) is 17.9. The summed E-state index contributed by atoms with van der Waals surface area (Å²) in [6.07, 6.45) is -10.9. The lowest BCUT2D eigenvalue weighted by molar-refractivity contribution is -0.351. The van der Waals surface area contributed by atoms with Crippen molar-refractivity contribution in [2.24, 2.45) is 22.7 Å². The fourth-order valence-electron chi connectivity index (χ4n) is 10.4. The number of rotatable bonds is 12. The van der Waals surface area contributed by atoms with E-state index in [1.807, 2.05) is 13.8 Å². The van der Waals surface area contributed by atoms with Crippen molar-refractivity contribution in [3.8, 4) is 0 Å². The molecule has 60 heavy (non-hydrogen) atoms. The fraction of sp³-hybridized carbons (Fsp3) is 0.578. The Balaban J connectivity index is 1.53. The van der Waals surface area contributed by atoms with E-state index < -0.39 is 107 Å². The van der Waals surface area contributed by atoms with E-state index in [1.54, 1.807) is 55.5 Å². The van der Waals surface area contributed by atoms with Crippen LogP contribution in [0, 0.1) is 22.7 Å². The van der Waals surface area contributed by atoms with Gasteiger partial charge in [-0.05, 0) is 68.5 Å². The van der Waals surface area contributed by atoms with Gasteiger partial charge in [0, 0.05) is 37.7 Å². The van der Waals surface area contributed by atoms with E-state index in [-0.39, 0.29) is 48.5 Å². The highest BCUT2D eigenvalue weighted by molar-refractivity contribution is 5.94. The second-order valence-electron chi connectivity index (χ2n) is 17.9. The van der Waals surface area contributed by atoms with Gasteiger partial charge in [0.1, 0.15) is 24.4 Å². The smallest absolute Gasteiger partial charge is 0.338 e. The van der Waals surface area contributed by atoms with Gasteiger partial charge in [-0.25, -0.2) is 9.59 Å². The van der Waals surface area contributed by atoms with E-state index >= 15 is 0 Å². The van der Waals surface area contributed by atoms with Gasteiger partial charge in [0.2, 0.25) is 0 Å². The van der Waals surface area contributed by atoms with Gasteiger partial charge in [0.15, 0.2) is 17.8 Å². The highest BCUT2D eigenvalue weighted by atomic mass is 16.6. The Labute approximate surface area is 349 Å². The molecule has 1 aliphatic heterocycles. The number of esters is 4. The highest BCUT2D eigenvalue weighted by Gasteiger charge is 2.79. The van der Waals surface area contributed by atoms with E-state index in [0.29, 0.717) is 5.56 Å². The Morgan fingerprint density at radius 3 is 2.03 bits per heavy atom. The molecule has 1 saturated heterocycles. The summed E-state index contributed by atoms with van der Waals surface area (Å²) in [4.78, 5) is 67.8. The summed E-state index contributed by atoms with van der Waals surface area (Å²) in [5.74, 6) is -5.49. The van der Waals surface area contributed by atoms with E-state index in [4.69, 9.17) is 23.7 Å². The minimum absolute atomic E-state index is 0.0598. The number of ether oxygens (including phenoxy) is 5. The second kappa shape index (κ2) is 16.7. The third-order valence-electron chi connectivity index (χ3n) is 13.2. The molecule has 15 nitrogen and oxygen atoms in total. The number of hydrogen-bond acceptors (Lipinski definition) is 14. The molecule has 15 heteroatoms. The van der Waals surface area contributed by atoms with Crippen LogP contribution in [0.4, 0.5) is 0 Å². The number of benzene rings is 2. The van der Waals surface area contributed by atoms with Crippen LogP contribution >= 0.6 is 0 Å². The van der Waals surface area contributed by atoms with Crippen molar-refractivity contribution in [2.75, 3.05) is 6.61 Å². The largest absolute Gasteiger partial charge is 0.457 e. The van der Waals surface area contributed by atoms with Gasteiger partial charge in [0.05, 0.1) is 41.3 Å². The Morgan fingerprint density at radius 1 is 0.917 bits per heavy atom. The molecule has 0 aromatic heterocycles. The molecule has 2 saturated carbocycles. The molecule has 2 aromatic rings. The van der Waals surface area contributed by atoms with Crippen LogP contribution in [0.5, 0.6) is 0 Å². The lowest BCUT2D eigenvalue weighted by atomic mass is 9.49. The molecule has 3 aliphatic carbocycles. The zero-order valence-electron chi connectivity index (χ0n) is 35.2. The molecule has 2 aromatic carbocycles. The average molecular weight is 836 g/mol. The van der Waals surface area contributed by atoms with Crippen LogP contribution < -0.4 is 5.32 Å². The zero-order valence-corrected chi connectivity index (χ0v) is 35.2. The Hall–Kier alpha value is -4.67. The molecule has 0 spiro atoms. The van der Waals surface area contributed by atoms with Crippen molar-refractivity contribution in [3.63, 3.8) is 0 Å². The highest BCUT2D eigenvalue weighted by Crippen LogP contribution is 2.68. The number of nitrogens with one attached hydrogen (secondary N) is 1. The summed E-state index contributed by atoms with van der Waals surface area (Å²) in [6, 6.07) is 15.2. The Kier molecular flexibility index (Phi) is 12.5. The third kappa shape index (κ3) is 7.63.